The van der Waals surface area contributed by atoms with Crippen molar-refractivity contribution in [2.45, 2.75) is 0 Å². The minimum absolute atomic E-state index is 0.0186. The molecule has 16 heavy (non-hydrogen) atoms. The second kappa shape index (κ2) is 9.55. The Morgan fingerprint density at radius 2 is 1.19 bits per heavy atom. The highest BCUT2D eigenvalue weighted by molar-refractivity contribution is 5.93. The lowest BCUT2D eigenvalue weighted by molar-refractivity contribution is 0.0696. The van der Waals surface area contributed by atoms with Crippen LogP contribution in [0, 0.1) is 0 Å². The smallest absolute Gasteiger partial charge is 0.335 e. The average molecular weight is 230 g/mol. The van der Waals surface area contributed by atoms with E-state index >= 15 is 0 Å². The number of benzene rings is 1. The lowest BCUT2D eigenvalue weighted by atomic mass is 10.1. The van der Waals surface area contributed by atoms with Crippen molar-refractivity contribution in [3.63, 3.8) is 0 Å². The van der Waals surface area contributed by atoms with Crippen molar-refractivity contribution < 1.29 is 19.8 Å². The van der Waals surface area contributed by atoms with Crippen molar-refractivity contribution >= 4 is 11.9 Å². The Balaban J connectivity index is 0. The van der Waals surface area contributed by atoms with E-state index in [0.29, 0.717) is 0 Å². The molecule has 0 saturated carbocycles. The van der Waals surface area contributed by atoms with Crippen LogP contribution in [0.2, 0.25) is 0 Å². The van der Waals surface area contributed by atoms with Crippen molar-refractivity contribution in [2.75, 3.05) is 0 Å². The van der Waals surface area contributed by atoms with Crippen LogP contribution >= 0.6 is 0 Å². The number of rotatable bonds is 2. The van der Waals surface area contributed by atoms with Crippen LogP contribution in [0.1, 0.15) is 20.7 Å². The van der Waals surface area contributed by atoms with Gasteiger partial charge in [0, 0.05) is 0 Å². The lowest BCUT2D eigenvalue weighted by Gasteiger charge is -1.95. The predicted octanol–water partition coefficient (Wildman–Crippen LogP) is -1.28. The van der Waals surface area contributed by atoms with E-state index in [1.54, 1.807) is 0 Å². The molecule has 0 saturated heterocycles. The fourth-order valence-corrected chi connectivity index (χ4v) is 0.785. The maximum atomic E-state index is 10.4. The third kappa shape index (κ3) is 5.67. The molecule has 0 aliphatic heterocycles. The summed E-state index contributed by atoms with van der Waals surface area (Å²) in [5.41, 5.74) is -0.0372. The van der Waals surface area contributed by atoms with E-state index in [4.69, 9.17) is 10.2 Å². The number of carbonyl (C=O) groups is 2. The first kappa shape index (κ1) is 16.4. The molecule has 0 heterocycles. The molecule has 1 aromatic carbocycles. The summed E-state index contributed by atoms with van der Waals surface area (Å²) < 4.78 is 0. The van der Waals surface area contributed by atoms with Crippen LogP contribution in [0.4, 0.5) is 0 Å². The van der Waals surface area contributed by atoms with Crippen LogP contribution < -0.4 is 23.4 Å². The Bertz CT molecular complexity index is 313. The Morgan fingerprint density at radius 3 is 1.44 bits per heavy atom. The minimum Gasteiger partial charge on any atom is -0.478 e. The van der Waals surface area contributed by atoms with E-state index in [1.807, 2.05) is 0 Å². The molecule has 0 aromatic heterocycles. The molecule has 8 nitrogen and oxygen atoms in total. The molecular weight excluding hydrogens is 216 g/mol. The summed E-state index contributed by atoms with van der Waals surface area (Å²) in [5, 5.41) is 17.0. The Hall–Kier alpha value is -2.00. The van der Waals surface area contributed by atoms with Gasteiger partial charge in [-0.05, 0) is 18.2 Å². The molecule has 1 aromatic rings. The van der Waals surface area contributed by atoms with Gasteiger partial charge in [0.25, 0.3) is 0 Å². The number of nitrogens with two attached hydrogens (primary N) is 4. The number of hydrogen-bond donors (Lipinski definition) is 6. The summed E-state index contributed by atoms with van der Waals surface area (Å²) in [7, 11) is 0. The maximum Gasteiger partial charge on any atom is 0.335 e. The van der Waals surface area contributed by atoms with E-state index in [-0.39, 0.29) is 11.1 Å². The first-order valence-corrected chi connectivity index (χ1v) is 3.84. The highest BCUT2D eigenvalue weighted by Gasteiger charge is 2.06. The molecule has 0 aliphatic carbocycles. The van der Waals surface area contributed by atoms with Crippen LogP contribution in [0.25, 0.3) is 0 Å². The topological polar surface area (TPSA) is 179 Å². The van der Waals surface area contributed by atoms with Gasteiger partial charge in [0.15, 0.2) is 0 Å². The molecule has 0 amide bonds. The molecule has 0 bridgehead atoms. The molecule has 0 fully saturated rings. The second-order valence-electron chi connectivity index (χ2n) is 2.19. The Kier molecular flexibility index (Phi) is 9.81. The molecule has 0 aliphatic rings. The number of hydrazine groups is 2. The van der Waals surface area contributed by atoms with Gasteiger partial charge in [0.05, 0.1) is 11.1 Å². The quantitative estimate of drug-likeness (QED) is 0.268. The van der Waals surface area contributed by atoms with Gasteiger partial charge < -0.3 is 10.2 Å². The van der Waals surface area contributed by atoms with Gasteiger partial charge in [0.2, 0.25) is 0 Å². The van der Waals surface area contributed by atoms with Crippen LogP contribution in [0.3, 0.4) is 0 Å². The average Bonchev–Trinajstić information content (AvgIpc) is 2.34. The fraction of sp³-hybridized carbons (Fsp3) is 0. The zero-order valence-electron chi connectivity index (χ0n) is 8.33. The molecule has 10 N–H and O–H groups in total. The standard InChI is InChI=1S/C8H6O4.2H4N2/c9-7(10)5-2-1-3-6(4-5)8(11)12;2*1-2/h1-4H,(H,9,10)(H,11,12);2*1-2H2. The van der Waals surface area contributed by atoms with Crippen molar-refractivity contribution in [2.24, 2.45) is 23.4 Å². The maximum absolute atomic E-state index is 10.4. The molecule has 1 rings (SSSR count). The lowest BCUT2D eigenvalue weighted by Crippen LogP contribution is -2.02. The summed E-state index contributed by atoms with van der Waals surface area (Å²) in [6, 6.07) is 5.20. The highest BCUT2D eigenvalue weighted by atomic mass is 16.4. The molecule has 0 atom stereocenters. The van der Waals surface area contributed by atoms with Crippen molar-refractivity contribution in [1.29, 1.82) is 0 Å². The molecule has 0 unspecified atom stereocenters. The minimum atomic E-state index is -1.13. The van der Waals surface area contributed by atoms with E-state index in [0.717, 1.165) is 6.07 Å². The summed E-state index contributed by atoms with van der Waals surface area (Å²) >= 11 is 0. The largest absolute Gasteiger partial charge is 0.478 e. The monoisotopic (exact) mass is 230 g/mol. The normalized spacial score (nSPS) is 7.75. The van der Waals surface area contributed by atoms with Gasteiger partial charge in [-0.1, -0.05) is 6.07 Å². The molecule has 8 heteroatoms. The summed E-state index contributed by atoms with van der Waals surface area (Å²) in [4.78, 5) is 20.8. The Morgan fingerprint density at radius 1 is 0.875 bits per heavy atom. The number of carboxylic acid groups (broad SMARTS) is 2. The van der Waals surface area contributed by atoms with Gasteiger partial charge in [-0.2, -0.15) is 0 Å². The zero-order chi connectivity index (χ0) is 13.1. The summed E-state index contributed by atoms with van der Waals surface area (Å²) in [6.07, 6.45) is 0. The van der Waals surface area contributed by atoms with Crippen molar-refractivity contribution in [3.8, 4) is 0 Å². The van der Waals surface area contributed by atoms with Crippen molar-refractivity contribution in [3.05, 3.63) is 35.4 Å². The Labute approximate surface area is 91.4 Å². The number of hydrogen-bond acceptors (Lipinski definition) is 6. The van der Waals surface area contributed by atoms with Gasteiger partial charge in [-0.25, -0.2) is 9.59 Å². The van der Waals surface area contributed by atoms with Crippen LogP contribution in [0.15, 0.2) is 24.3 Å². The van der Waals surface area contributed by atoms with E-state index in [9.17, 15) is 9.59 Å². The summed E-state index contributed by atoms with van der Waals surface area (Å²) in [5.74, 6) is 13.7. The van der Waals surface area contributed by atoms with Crippen molar-refractivity contribution in [1.82, 2.24) is 0 Å². The third-order valence-corrected chi connectivity index (χ3v) is 1.36. The first-order chi connectivity index (χ1) is 7.61. The zero-order valence-corrected chi connectivity index (χ0v) is 8.33. The SMILES string of the molecule is NN.NN.O=C(O)c1cccc(C(=O)O)c1. The van der Waals surface area contributed by atoms with Gasteiger partial charge >= 0.3 is 11.9 Å². The third-order valence-electron chi connectivity index (χ3n) is 1.36. The number of carboxylic acids is 2. The molecule has 0 radical (unpaired) electrons. The van der Waals surface area contributed by atoms with Crippen LogP contribution in [0.5, 0.6) is 0 Å². The predicted molar refractivity (Wildman–Crippen MR) is 57.1 cm³/mol. The van der Waals surface area contributed by atoms with E-state index in [2.05, 4.69) is 23.4 Å². The second-order valence-corrected chi connectivity index (χ2v) is 2.19. The van der Waals surface area contributed by atoms with Crippen LogP contribution in [-0.2, 0) is 0 Å². The van der Waals surface area contributed by atoms with Gasteiger partial charge in [0.1, 0.15) is 0 Å². The first-order valence-electron chi connectivity index (χ1n) is 3.84. The summed E-state index contributed by atoms with van der Waals surface area (Å²) in [6.45, 7) is 0. The fourth-order valence-electron chi connectivity index (χ4n) is 0.785. The number of aromatic carboxylic acids is 2. The highest BCUT2D eigenvalue weighted by Crippen LogP contribution is 2.04. The van der Waals surface area contributed by atoms with Crippen LogP contribution in [-0.4, -0.2) is 22.2 Å². The molecule has 0 spiro atoms. The van der Waals surface area contributed by atoms with Gasteiger partial charge in [-0.3, -0.25) is 23.4 Å². The van der Waals surface area contributed by atoms with E-state index < -0.39 is 11.9 Å². The van der Waals surface area contributed by atoms with E-state index in [1.165, 1.54) is 18.2 Å². The molecular formula is C8H14N4O4. The molecule has 90 valence electrons. The van der Waals surface area contributed by atoms with Gasteiger partial charge in [-0.15, -0.1) is 0 Å².